The number of benzene rings is 1. The first-order chi connectivity index (χ1) is 13.7. The van der Waals surface area contributed by atoms with Crippen molar-refractivity contribution in [1.82, 2.24) is 0 Å². The third kappa shape index (κ3) is 5.41. The number of halogens is 2. The highest BCUT2D eigenvalue weighted by Crippen LogP contribution is 2.40. The lowest BCUT2D eigenvalue weighted by Gasteiger charge is -2.18. The van der Waals surface area contributed by atoms with E-state index in [0.29, 0.717) is 32.1 Å². The van der Waals surface area contributed by atoms with Gasteiger partial charge in [-0.3, -0.25) is 4.79 Å². The summed E-state index contributed by atoms with van der Waals surface area (Å²) in [6.45, 7) is 5.83. The largest absolute Gasteiger partial charge is 0.459 e. The van der Waals surface area contributed by atoms with Crippen molar-refractivity contribution in [1.29, 1.82) is 0 Å². The molecule has 0 saturated carbocycles. The van der Waals surface area contributed by atoms with Crippen LogP contribution in [0.15, 0.2) is 24.3 Å². The second-order valence-electron chi connectivity index (χ2n) is 7.50. The molecule has 1 atom stereocenters. The van der Waals surface area contributed by atoms with Crippen molar-refractivity contribution < 1.29 is 14.3 Å². The number of carbonyl (C=O) groups excluding carboxylic acids is 2. The second kappa shape index (κ2) is 9.33. The summed E-state index contributed by atoms with van der Waals surface area (Å²) in [5.74, 6) is -0.154. The third-order valence-corrected chi connectivity index (χ3v) is 6.40. The van der Waals surface area contributed by atoms with E-state index in [2.05, 4.69) is 12.2 Å². The summed E-state index contributed by atoms with van der Waals surface area (Å²) in [7, 11) is 0. The molecule has 4 nitrogen and oxygen atoms in total. The SMILES string of the molecule is CC1CCc2c(sc(NC(=O)/C=C/c3ccc(Cl)cc3Cl)c2C(=O)OC(C)C)C1. The van der Waals surface area contributed by atoms with E-state index in [0.717, 1.165) is 29.7 Å². The number of thiophene rings is 1. The molecule has 1 N–H and O–H groups in total. The van der Waals surface area contributed by atoms with Gasteiger partial charge in [0.25, 0.3) is 0 Å². The zero-order valence-corrected chi connectivity index (χ0v) is 18.9. The Balaban J connectivity index is 1.84. The molecule has 1 unspecified atom stereocenters. The minimum Gasteiger partial charge on any atom is -0.459 e. The molecule has 154 valence electrons. The molecule has 29 heavy (non-hydrogen) atoms. The van der Waals surface area contributed by atoms with Gasteiger partial charge in [-0.15, -0.1) is 11.3 Å². The molecule has 1 heterocycles. The lowest BCUT2D eigenvalue weighted by Crippen LogP contribution is -2.18. The third-order valence-electron chi connectivity index (χ3n) is 4.67. The van der Waals surface area contributed by atoms with Gasteiger partial charge in [0.2, 0.25) is 5.91 Å². The van der Waals surface area contributed by atoms with Gasteiger partial charge in [0, 0.05) is 21.0 Å². The van der Waals surface area contributed by atoms with Crippen molar-refractivity contribution in [2.24, 2.45) is 5.92 Å². The number of amides is 1. The molecule has 0 bridgehead atoms. The van der Waals surface area contributed by atoms with E-state index >= 15 is 0 Å². The minimum atomic E-state index is -0.382. The molecular weight excluding hydrogens is 429 g/mol. The van der Waals surface area contributed by atoms with Gasteiger partial charge in [-0.25, -0.2) is 4.79 Å². The first kappa shape index (κ1) is 21.9. The van der Waals surface area contributed by atoms with Gasteiger partial charge < -0.3 is 10.1 Å². The molecule has 3 rings (SSSR count). The van der Waals surface area contributed by atoms with Gasteiger partial charge >= 0.3 is 5.97 Å². The fraction of sp³-hybridized carbons (Fsp3) is 0.364. The fourth-order valence-electron chi connectivity index (χ4n) is 3.28. The summed E-state index contributed by atoms with van der Waals surface area (Å²) in [4.78, 5) is 26.4. The van der Waals surface area contributed by atoms with Gasteiger partial charge in [0.15, 0.2) is 0 Å². The first-order valence-electron chi connectivity index (χ1n) is 9.54. The van der Waals surface area contributed by atoms with E-state index in [4.69, 9.17) is 27.9 Å². The Labute approximate surface area is 184 Å². The number of anilines is 1. The van der Waals surface area contributed by atoms with Crippen LogP contribution in [0.25, 0.3) is 6.08 Å². The number of esters is 1. The van der Waals surface area contributed by atoms with Gasteiger partial charge in [0.05, 0.1) is 11.7 Å². The maximum absolute atomic E-state index is 12.7. The maximum atomic E-state index is 12.7. The molecule has 0 fully saturated rings. The Hall–Kier alpha value is -1.82. The topological polar surface area (TPSA) is 55.4 Å². The Morgan fingerprint density at radius 2 is 2.07 bits per heavy atom. The molecule has 0 spiro atoms. The number of ether oxygens (including phenoxy) is 1. The van der Waals surface area contributed by atoms with Crippen LogP contribution < -0.4 is 5.32 Å². The number of hydrogen-bond donors (Lipinski definition) is 1. The number of nitrogens with one attached hydrogen (secondary N) is 1. The lowest BCUT2D eigenvalue weighted by atomic mass is 9.88. The predicted octanol–water partition coefficient (Wildman–Crippen LogP) is 6.40. The van der Waals surface area contributed by atoms with Crippen LogP contribution in [0.5, 0.6) is 0 Å². The van der Waals surface area contributed by atoms with Gasteiger partial charge in [-0.2, -0.15) is 0 Å². The van der Waals surface area contributed by atoms with Crippen molar-refractivity contribution in [2.45, 2.75) is 46.1 Å². The molecule has 0 aliphatic heterocycles. The number of carbonyl (C=O) groups is 2. The Kier molecular flexibility index (Phi) is 7.04. The molecule has 1 aliphatic rings. The molecular formula is C22H23Cl2NO3S. The van der Waals surface area contributed by atoms with E-state index in [9.17, 15) is 9.59 Å². The Bertz CT molecular complexity index is 965. The van der Waals surface area contributed by atoms with Crippen molar-refractivity contribution in [2.75, 3.05) is 5.32 Å². The molecule has 1 amide bonds. The predicted molar refractivity (Wildman–Crippen MR) is 120 cm³/mol. The van der Waals surface area contributed by atoms with E-state index in [1.165, 1.54) is 17.4 Å². The first-order valence-corrected chi connectivity index (χ1v) is 11.1. The van der Waals surface area contributed by atoms with Crippen LogP contribution in [0.3, 0.4) is 0 Å². The van der Waals surface area contributed by atoms with E-state index in [1.54, 1.807) is 24.3 Å². The van der Waals surface area contributed by atoms with E-state index < -0.39 is 0 Å². The average Bonchev–Trinajstić information content (AvgIpc) is 2.97. The quantitative estimate of drug-likeness (QED) is 0.422. The number of rotatable bonds is 5. The van der Waals surface area contributed by atoms with Gasteiger partial charge in [-0.1, -0.05) is 36.2 Å². The van der Waals surface area contributed by atoms with E-state index in [-0.39, 0.29) is 18.0 Å². The van der Waals surface area contributed by atoms with Crippen molar-refractivity contribution in [3.63, 3.8) is 0 Å². The van der Waals surface area contributed by atoms with Crippen LogP contribution in [0.4, 0.5) is 5.00 Å². The zero-order valence-electron chi connectivity index (χ0n) is 16.6. The molecule has 1 aromatic carbocycles. The number of hydrogen-bond acceptors (Lipinski definition) is 4. The lowest BCUT2D eigenvalue weighted by molar-refractivity contribution is -0.111. The summed E-state index contributed by atoms with van der Waals surface area (Å²) in [6.07, 6.45) is 5.55. The number of fused-ring (bicyclic) bond motifs is 1. The summed E-state index contributed by atoms with van der Waals surface area (Å²) in [5, 5.41) is 4.40. The van der Waals surface area contributed by atoms with Crippen LogP contribution in [0, 0.1) is 5.92 Å². The van der Waals surface area contributed by atoms with E-state index in [1.807, 2.05) is 13.8 Å². The monoisotopic (exact) mass is 451 g/mol. The van der Waals surface area contributed by atoms with Crippen molar-refractivity contribution in [3.05, 3.63) is 55.9 Å². The smallest absolute Gasteiger partial charge is 0.341 e. The van der Waals surface area contributed by atoms with Crippen LogP contribution in [0.2, 0.25) is 10.0 Å². The molecule has 7 heteroatoms. The highest BCUT2D eigenvalue weighted by molar-refractivity contribution is 7.17. The summed E-state index contributed by atoms with van der Waals surface area (Å²) in [5.41, 5.74) is 2.20. The second-order valence-corrected chi connectivity index (χ2v) is 9.45. The summed E-state index contributed by atoms with van der Waals surface area (Å²) >= 11 is 13.5. The van der Waals surface area contributed by atoms with Gasteiger partial charge in [0.1, 0.15) is 5.00 Å². The van der Waals surface area contributed by atoms with Gasteiger partial charge in [-0.05, 0) is 68.4 Å². The summed E-state index contributed by atoms with van der Waals surface area (Å²) < 4.78 is 5.43. The standard InChI is InChI=1S/C22H23Cl2NO3S/c1-12(2)28-22(27)20-16-8-4-13(3)10-18(16)29-21(20)25-19(26)9-6-14-5-7-15(23)11-17(14)24/h5-7,9,11-13H,4,8,10H2,1-3H3,(H,25,26)/b9-6+. The average molecular weight is 452 g/mol. The Morgan fingerprint density at radius 1 is 1.31 bits per heavy atom. The van der Waals surface area contributed by atoms with Crippen molar-refractivity contribution >= 4 is 57.5 Å². The van der Waals surface area contributed by atoms with Crippen LogP contribution in [-0.4, -0.2) is 18.0 Å². The highest BCUT2D eigenvalue weighted by Gasteiger charge is 2.29. The molecule has 0 saturated heterocycles. The molecule has 0 radical (unpaired) electrons. The van der Waals surface area contributed by atoms with Crippen LogP contribution in [-0.2, 0) is 22.4 Å². The maximum Gasteiger partial charge on any atom is 0.341 e. The fourth-order valence-corrected chi connectivity index (χ4v) is 5.16. The van der Waals surface area contributed by atoms with Crippen molar-refractivity contribution in [3.8, 4) is 0 Å². The van der Waals surface area contributed by atoms with Crippen LogP contribution >= 0.6 is 34.5 Å². The normalized spacial score (nSPS) is 16.1. The summed E-state index contributed by atoms with van der Waals surface area (Å²) in [6, 6.07) is 5.07. The molecule has 1 aromatic heterocycles. The highest BCUT2D eigenvalue weighted by atomic mass is 35.5. The minimum absolute atomic E-state index is 0.226. The molecule has 2 aromatic rings. The zero-order chi connectivity index (χ0) is 21.1. The Morgan fingerprint density at radius 3 is 2.76 bits per heavy atom. The molecule has 1 aliphatic carbocycles. The van der Waals surface area contributed by atoms with Crippen LogP contribution in [0.1, 0.15) is 53.6 Å².